The number of nitrogens with zero attached hydrogens (tertiary/aromatic N) is 1. The summed E-state index contributed by atoms with van der Waals surface area (Å²) in [5.41, 5.74) is 0.589. The molecular formula is C17H21N3O3. The van der Waals surface area contributed by atoms with Crippen LogP contribution in [0, 0.1) is 11.3 Å². The van der Waals surface area contributed by atoms with E-state index in [1.165, 1.54) is 6.20 Å². The predicted octanol–water partition coefficient (Wildman–Crippen LogP) is 2.60. The maximum atomic E-state index is 12.1. The summed E-state index contributed by atoms with van der Waals surface area (Å²) >= 11 is 0. The number of nitrogens with one attached hydrogen (secondary N) is 2. The van der Waals surface area contributed by atoms with E-state index in [1.54, 1.807) is 37.3 Å². The van der Waals surface area contributed by atoms with E-state index in [-0.39, 0.29) is 23.6 Å². The Kier molecular flexibility index (Phi) is 6.34. The van der Waals surface area contributed by atoms with Gasteiger partial charge in [-0.2, -0.15) is 5.26 Å². The molecule has 1 rings (SSSR count). The number of esters is 1. The molecule has 1 aromatic carbocycles. The third-order valence-corrected chi connectivity index (χ3v) is 2.61. The van der Waals surface area contributed by atoms with Gasteiger partial charge in [-0.1, -0.05) is 6.07 Å². The van der Waals surface area contributed by atoms with Gasteiger partial charge >= 0.3 is 5.97 Å². The van der Waals surface area contributed by atoms with E-state index in [0.29, 0.717) is 11.3 Å². The summed E-state index contributed by atoms with van der Waals surface area (Å²) in [4.78, 5) is 23.6. The van der Waals surface area contributed by atoms with E-state index in [2.05, 4.69) is 10.6 Å². The van der Waals surface area contributed by atoms with Crippen molar-refractivity contribution in [3.05, 3.63) is 41.6 Å². The molecule has 0 aliphatic carbocycles. The number of carbonyl (C=O) groups excluding carboxylic acids is 2. The molecule has 0 spiro atoms. The van der Waals surface area contributed by atoms with Crippen molar-refractivity contribution in [2.24, 2.45) is 0 Å². The molecule has 0 unspecified atom stereocenters. The standard InChI is InChI=1S/C17H21N3O3/c1-5-23-16(22)13(10-18)11-19-14-8-6-7-12(9-14)15(21)20-17(2,3)4/h6-9,11,19H,5H2,1-4H3,(H,20,21)/b13-11-. The van der Waals surface area contributed by atoms with Gasteiger partial charge < -0.3 is 15.4 Å². The molecule has 6 nitrogen and oxygen atoms in total. The third kappa shape index (κ3) is 6.22. The van der Waals surface area contributed by atoms with Gasteiger partial charge in [0.2, 0.25) is 0 Å². The third-order valence-electron chi connectivity index (χ3n) is 2.61. The van der Waals surface area contributed by atoms with Crippen LogP contribution in [0.5, 0.6) is 0 Å². The predicted molar refractivity (Wildman–Crippen MR) is 87.6 cm³/mol. The molecule has 0 saturated heterocycles. The Labute approximate surface area is 136 Å². The Morgan fingerprint density at radius 1 is 1.35 bits per heavy atom. The van der Waals surface area contributed by atoms with E-state index in [4.69, 9.17) is 10.00 Å². The maximum Gasteiger partial charge on any atom is 0.350 e. The van der Waals surface area contributed by atoms with Crippen molar-refractivity contribution in [1.29, 1.82) is 5.26 Å². The Morgan fingerprint density at radius 2 is 2.04 bits per heavy atom. The highest BCUT2D eigenvalue weighted by Crippen LogP contribution is 2.13. The number of hydrogen-bond donors (Lipinski definition) is 2. The van der Waals surface area contributed by atoms with Crippen molar-refractivity contribution < 1.29 is 14.3 Å². The number of benzene rings is 1. The molecule has 0 radical (unpaired) electrons. The van der Waals surface area contributed by atoms with Gasteiger partial charge in [0.15, 0.2) is 5.57 Å². The first-order valence-corrected chi connectivity index (χ1v) is 7.23. The Bertz CT molecular complexity index is 652. The lowest BCUT2D eigenvalue weighted by atomic mass is 10.1. The maximum absolute atomic E-state index is 12.1. The molecule has 0 aliphatic heterocycles. The van der Waals surface area contributed by atoms with Gasteiger partial charge in [0.1, 0.15) is 6.07 Å². The molecule has 1 amide bonds. The van der Waals surface area contributed by atoms with Crippen molar-refractivity contribution >= 4 is 17.6 Å². The highest BCUT2D eigenvalue weighted by atomic mass is 16.5. The van der Waals surface area contributed by atoms with E-state index in [0.717, 1.165) is 0 Å². The molecule has 23 heavy (non-hydrogen) atoms. The molecular weight excluding hydrogens is 294 g/mol. The Hall–Kier alpha value is -2.81. The fourth-order valence-corrected chi connectivity index (χ4v) is 1.66. The van der Waals surface area contributed by atoms with Gasteiger partial charge in [-0.25, -0.2) is 4.79 Å². The van der Waals surface area contributed by atoms with Gasteiger partial charge in [-0.15, -0.1) is 0 Å². The summed E-state index contributed by atoms with van der Waals surface area (Å²) in [7, 11) is 0. The summed E-state index contributed by atoms with van der Waals surface area (Å²) in [5, 5.41) is 14.6. The van der Waals surface area contributed by atoms with Gasteiger partial charge in [-0.3, -0.25) is 4.79 Å². The van der Waals surface area contributed by atoms with E-state index in [1.807, 2.05) is 20.8 Å². The Balaban J connectivity index is 2.87. The minimum atomic E-state index is -0.691. The number of anilines is 1. The molecule has 0 heterocycles. The second kappa shape index (κ2) is 7.99. The van der Waals surface area contributed by atoms with Crippen molar-refractivity contribution in [3.63, 3.8) is 0 Å². The van der Waals surface area contributed by atoms with Crippen LogP contribution in [-0.4, -0.2) is 24.0 Å². The van der Waals surface area contributed by atoms with E-state index < -0.39 is 5.97 Å². The molecule has 0 atom stereocenters. The van der Waals surface area contributed by atoms with Crippen LogP contribution in [0.1, 0.15) is 38.1 Å². The lowest BCUT2D eigenvalue weighted by molar-refractivity contribution is -0.138. The second-order valence-corrected chi connectivity index (χ2v) is 5.82. The summed E-state index contributed by atoms with van der Waals surface area (Å²) in [6, 6.07) is 8.53. The topological polar surface area (TPSA) is 91.2 Å². The van der Waals surface area contributed by atoms with Crippen LogP contribution in [0.4, 0.5) is 5.69 Å². The molecule has 1 aromatic rings. The normalized spacial score (nSPS) is 11.3. The minimum absolute atomic E-state index is 0.142. The monoisotopic (exact) mass is 315 g/mol. The fraction of sp³-hybridized carbons (Fsp3) is 0.353. The van der Waals surface area contributed by atoms with Crippen molar-refractivity contribution in [1.82, 2.24) is 5.32 Å². The largest absolute Gasteiger partial charge is 0.462 e. The van der Waals surface area contributed by atoms with Crippen LogP contribution in [0.15, 0.2) is 36.0 Å². The lowest BCUT2D eigenvalue weighted by Gasteiger charge is -2.20. The second-order valence-electron chi connectivity index (χ2n) is 5.82. The molecule has 6 heteroatoms. The summed E-state index contributed by atoms with van der Waals surface area (Å²) in [6.07, 6.45) is 1.26. The van der Waals surface area contributed by atoms with Gasteiger partial charge in [-0.05, 0) is 45.9 Å². The van der Waals surface area contributed by atoms with Gasteiger partial charge in [0.25, 0.3) is 5.91 Å². The van der Waals surface area contributed by atoms with Crippen molar-refractivity contribution in [2.75, 3.05) is 11.9 Å². The first kappa shape index (κ1) is 18.2. The molecule has 0 fully saturated rings. The van der Waals surface area contributed by atoms with Gasteiger partial charge in [0.05, 0.1) is 6.61 Å². The minimum Gasteiger partial charge on any atom is -0.462 e. The summed E-state index contributed by atoms with van der Waals surface area (Å²) in [5.74, 6) is -0.889. The highest BCUT2D eigenvalue weighted by molar-refractivity contribution is 5.96. The average molecular weight is 315 g/mol. The van der Waals surface area contributed by atoms with Crippen LogP contribution < -0.4 is 10.6 Å². The quantitative estimate of drug-likeness (QED) is 0.495. The van der Waals surface area contributed by atoms with Crippen LogP contribution in [0.3, 0.4) is 0 Å². The number of ether oxygens (including phenoxy) is 1. The van der Waals surface area contributed by atoms with Crippen molar-refractivity contribution in [2.45, 2.75) is 33.2 Å². The van der Waals surface area contributed by atoms with Gasteiger partial charge in [0, 0.05) is 23.0 Å². The zero-order valence-corrected chi connectivity index (χ0v) is 13.8. The number of amides is 1. The number of rotatable bonds is 5. The molecule has 0 saturated carbocycles. The van der Waals surface area contributed by atoms with E-state index in [9.17, 15) is 9.59 Å². The first-order valence-electron chi connectivity index (χ1n) is 7.23. The molecule has 0 aliphatic rings. The lowest BCUT2D eigenvalue weighted by Crippen LogP contribution is -2.40. The fourth-order valence-electron chi connectivity index (χ4n) is 1.66. The molecule has 122 valence electrons. The van der Waals surface area contributed by atoms with Crippen LogP contribution in [0.2, 0.25) is 0 Å². The summed E-state index contributed by atoms with van der Waals surface area (Å²) < 4.78 is 4.77. The molecule has 0 bridgehead atoms. The number of carbonyl (C=O) groups is 2. The molecule has 0 aromatic heterocycles. The Morgan fingerprint density at radius 3 is 2.61 bits per heavy atom. The first-order chi connectivity index (χ1) is 10.8. The van der Waals surface area contributed by atoms with Crippen LogP contribution in [0.25, 0.3) is 0 Å². The van der Waals surface area contributed by atoms with Crippen LogP contribution >= 0.6 is 0 Å². The number of hydrogen-bond acceptors (Lipinski definition) is 5. The van der Waals surface area contributed by atoms with Crippen LogP contribution in [-0.2, 0) is 9.53 Å². The molecule has 2 N–H and O–H groups in total. The van der Waals surface area contributed by atoms with E-state index >= 15 is 0 Å². The summed E-state index contributed by atoms with van der Waals surface area (Å²) in [6.45, 7) is 7.55. The number of nitriles is 1. The SMILES string of the molecule is CCOC(=O)/C(C#N)=C\Nc1cccc(C(=O)NC(C)(C)C)c1. The smallest absolute Gasteiger partial charge is 0.350 e. The zero-order chi connectivity index (χ0) is 17.5. The highest BCUT2D eigenvalue weighted by Gasteiger charge is 2.15. The zero-order valence-electron chi connectivity index (χ0n) is 13.8. The van der Waals surface area contributed by atoms with Crippen molar-refractivity contribution in [3.8, 4) is 6.07 Å². The average Bonchev–Trinajstić information content (AvgIpc) is 2.47.